The number of methoxy groups -OCH3 is 1. The lowest BCUT2D eigenvalue weighted by Gasteiger charge is -2.37. The van der Waals surface area contributed by atoms with Crippen molar-refractivity contribution in [3.8, 4) is 0 Å². The van der Waals surface area contributed by atoms with E-state index in [4.69, 9.17) is 4.74 Å². The van der Waals surface area contributed by atoms with Crippen molar-refractivity contribution < 1.29 is 18.7 Å². The third-order valence-electron chi connectivity index (χ3n) is 5.09. The fourth-order valence-electron chi connectivity index (χ4n) is 3.65. The number of nitrogens with one attached hydrogen (secondary N) is 1. The van der Waals surface area contributed by atoms with Gasteiger partial charge in [0.15, 0.2) is 0 Å². The van der Waals surface area contributed by atoms with Gasteiger partial charge in [0.05, 0.1) is 18.1 Å². The molecule has 1 saturated heterocycles. The summed E-state index contributed by atoms with van der Waals surface area (Å²) in [7, 11) is 1.58. The van der Waals surface area contributed by atoms with Crippen LogP contribution >= 0.6 is 0 Å². The largest absolute Gasteiger partial charge is 0.383 e. The molecule has 0 spiro atoms. The van der Waals surface area contributed by atoms with E-state index in [9.17, 15) is 14.0 Å². The Kier molecular flexibility index (Phi) is 6.76. The zero-order valence-electron chi connectivity index (χ0n) is 15.9. The van der Waals surface area contributed by atoms with Crippen LogP contribution in [0.15, 0.2) is 54.6 Å². The molecule has 1 heterocycles. The Morgan fingerprint density at radius 1 is 1.11 bits per heavy atom. The van der Waals surface area contributed by atoms with E-state index in [2.05, 4.69) is 5.32 Å². The van der Waals surface area contributed by atoms with E-state index in [-0.39, 0.29) is 35.8 Å². The highest BCUT2D eigenvalue weighted by atomic mass is 19.1. The average molecular weight is 384 g/mol. The summed E-state index contributed by atoms with van der Waals surface area (Å²) in [6.45, 7) is 1.58. The maximum atomic E-state index is 14.1. The van der Waals surface area contributed by atoms with E-state index in [1.54, 1.807) is 24.1 Å². The number of carbonyl (C=O) groups is 2. The van der Waals surface area contributed by atoms with Gasteiger partial charge in [0.2, 0.25) is 5.91 Å². The highest BCUT2D eigenvalue weighted by Crippen LogP contribution is 2.31. The van der Waals surface area contributed by atoms with Gasteiger partial charge in [-0.2, -0.15) is 0 Å². The predicted octanol–water partition coefficient (Wildman–Crippen LogP) is 2.83. The Labute approximate surface area is 164 Å². The van der Waals surface area contributed by atoms with Crippen LogP contribution in [-0.4, -0.2) is 50.1 Å². The number of likely N-dealkylation sites (tertiary alicyclic amines) is 1. The van der Waals surface area contributed by atoms with Gasteiger partial charge in [-0.3, -0.25) is 9.59 Å². The molecule has 1 aliphatic heterocycles. The van der Waals surface area contributed by atoms with Crippen molar-refractivity contribution in [2.75, 3.05) is 33.4 Å². The van der Waals surface area contributed by atoms with E-state index in [1.165, 1.54) is 12.1 Å². The Morgan fingerprint density at radius 2 is 1.82 bits per heavy atom. The number of amides is 2. The van der Waals surface area contributed by atoms with Gasteiger partial charge in [0.1, 0.15) is 5.82 Å². The number of carbonyl (C=O) groups excluding carboxylic acids is 2. The molecule has 0 aliphatic carbocycles. The molecule has 5 nitrogen and oxygen atoms in total. The fraction of sp³-hybridized carbons (Fsp3) is 0.364. The second-order valence-electron chi connectivity index (χ2n) is 7.01. The van der Waals surface area contributed by atoms with Crippen LogP contribution in [0, 0.1) is 11.7 Å². The van der Waals surface area contributed by atoms with Crippen LogP contribution in [0.5, 0.6) is 0 Å². The van der Waals surface area contributed by atoms with Gasteiger partial charge in [0, 0.05) is 32.7 Å². The minimum atomic E-state index is -0.546. The fourth-order valence-corrected chi connectivity index (χ4v) is 3.65. The zero-order chi connectivity index (χ0) is 19.9. The third-order valence-corrected chi connectivity index (χ3v) is 5.09. The molecule has 2 aromatic rings. The Bertz CT molecular complexity index is 812. The van der Waals surface area contributed by atoms with Crippen LogP contribution in [0.2, 0.25) is 0 Å². The van der Waals surface area contributed by atoms with Gasteiger partial charge < -0.3 is 15.0 Å². The lowest BCUT2D eigenvalue weighted by molar-refractivity contribution is -0.126. The normalized spacial score (nSPS) is 19.3. The topological polar surface area (TPSA) is 58.6 Å². The molecular formula is C22H25FN2O3. The zero-order valence-corrected chi connectivity index (χ0v) is 15.9. The molecule has 1 fully saturated rings. The van der Waals surface area contributed by atoms with Crippen molar-refractivity contribution in [2.24, 2.45) is 5.92 Å². The first-order chi connectivity index (χ1) is 13.6. The van der Waals surface area contributed by atoms with Gasteiger partial charge in [0.25, 0.3) is 5.91 Å². The first-order valence-electron chi connectivity index (χ1n) is 9.45. The van der Waals surface area contributed by atoms with Gasteiger partial charge in [-0.15, -0.1) is 0 Å². The molecule has 2 unspecified atom stereocenters. The summed E-state index contributed by atoms with van der Waals surface area (Å²) in [5.41, 5.74) is 1.11. The van der Waals surface area contributed by atoms with Gasteiger partial charge in [-0.1, -0.05) is 42.5 Å². The molecule has 0 radical (unpaired) electrons. The number of nitrogens with zero attached hydrogens (tertiary/aromatic N) is 1. The maximum Gasteiger partial charge on any atom is 0.256 e. The standard InChI is InChI=1S/C22H25FN2O3/c1-28-12-11-24-21(26)18-13-17(16-7-3-2-4-8-16)14-25(15-18)22(27)19-9-5-6-10-20(19)23/h2-10,17-18H,11-15H2,1H3,(H,24,26). The molecule has 2 amide bonds. The average Bonchev–Trinajstić information content (AvgIpc) is 2.74. The summed E-state index contributed by atoms with van der Waals surface area (Å²) in [6.07, 6.45) is 0.643. The molecule has 0 aromatic heterocycles. The van der Waals surface area contributed by atoms with Crippen LogP contribution < -0.4 is 5.32 Å². The van der Waals surface area contributed by atoms with Gasteiger partial charge >= 0.3 is 0 Å². The quantitative estimate of drug-likeness (QED) is 0.779. The van der Waals surface area contributed by atoms with Crippen molar-refractivity contribution >= 4 is 11.8 Å². The highest BCUT2D eigenvalue weighted by Gasteiger charge is 2.35. The van der Waals surface area contributed by atoms with Crippen LogP contribution in [0.25, 0.3) is 0 Å². The molecule has 2 atom stereocenters. The minimum Gasteiger partial charge on any atom is -0.383 e. The smallest absolute Gasteiger partial charge is 0.256 e. The predicted molar refractivity (Wildman–Crippen MR) is 104 cm³/mol. The van der Waals surface area contributed by atoms with Gasteiger partial charge in [-0.25, -0.2) is 4.39 Å². The number of hydrogen-bond donors (Lipinski definition) is 1. The molecule has 0 saturated carbocycles. The Balaban J connectivity index is 1.81. The van der Waals surface area contributed by atoms with Crippen LogP contribution in [0.3, 0.4) is 0 Å². The van der Waals surface area contributed by atoms with Crippen LogP contribution in [0.1, 0.15) is 28.3 Å². The summed E-state index contributed by atoms with van der Waals surface area (Å²) in [5, 5.41) is 2.86. The Hall–Kier alpha value is -2.73. The molecule has 0 bridgehead atoms. The summed E-state index contributed by atoms with van der Waals surface area (Å²) in [4.78, 5) is 27.2. The summed E-state index contributed by atoms with van der Waals surface area (Å²) >= 11 is 0. The SMILES string of the molecule is COCCNC(=O)C1CC(c2ccccc2)CN(C(=O)c2ccccc2F)C1. The summed E-state index contributed by atoms with van der Waals surface area (Å²) in [5.74, 6) is -1.37. The van der Waals surface area contributed by atoms with Crippen molar-refractivity contribution in [1.82, 2.24) is 10.2 Å². The number of ether oxygens (including phenoxy) is 1. The van der Waals surface area contributed by atoms with E-state index < -0.39 is 5.82 Å². The number of rotatable bonds is 6. The first-order valence-corrected chi connectivity index (χ1v) is 9.45. The lowest BCUT2D eigenvalue weighted by atomic mass is 9.83. The van der Waals surface area contributed by atoms with Crippen molar-refractivity contribution in [3.63, 3.8) is 0 Å². The minimum absolute atomic E-state index is 0.0175. The second kappa shape index (κ2) is 9.46. The van der Waals surface area contributed by atoms with E-state index in [0.29, 0.717) is 26.1 Å². The Morgan fingerprint density at radius 3 is 2.54 bits per heavy atom. The highest BCUT2D eigenvalue weighted by molar-refractivity contribution is 5.95. The number of benzene rings is 2. The molecule has 2 aromatic carbocycles. The molecule has 1 N–H and O–H groups in total. The monoisotopic (exact) mass is 384 g/mol. The first kappa shape index (κ1) is 20.0. The molecule has 6 heteroatoms. The number of halogens is 1. The van der Waals surface area contributed by atoms with E-state index >= 15 is 0 Å². The molecular weight excluding hydrogens is 359 g/mol. The molecule has 28 heavy (non-hydrogen) atoms. The van der Waals surface area contributed by atoms with Crippen molar-refractivity contribution in [3.05, 3.63) is 71.5 Å². The molecule has 148 valence electrons. The third kappa shape index (κ3) is 4.75. The van der Waals surface area contributed by atoms with Crippen LogP contribution in [0.4, 0.5) is 4.39 Å². The van der Waals surface area contributed by atoms with E-state index in [1.807, 2.05) is 30.3 Å². The second-order valence-corrected chi connectivity index (χ2v) is 7.01. The molecule has 1 aliphatic rings. The summed E-state index contributed by atoms with van der Waals surface area (Å²) in [6, 6.07) is 15.8. The number of hydrogen-bond acceptors (Lipinski definition) is 3. The molecule has 3 rings (SSSR count). The summed E-state index contributed by atoms with van der Waals surface area (Å²) < 4.78 is 19.1. The number of piperidine rings is 1. The lowest BCUT2D eigenvalue weighted by Crippen LogP contribution is -2.48. The maximum absolute atomic E-state index is 14.1. The van der Waals surface area contributed by atoms with Gasteiger partial charge in [-0.05, 0) is 24.1 Å². The van der Waals surface area contributed by atoms with E-state index in [0.717, 1.165) is 5.56 Å². The van der Waals surface area contributed by atoms with Crippen molar-refractivity contribution in [1.29, 1.82) is 0 Å². The van der Waals surface area contributed by atoms with Crippen molar-refractivity contribution in [2.45, 2.75) is 12.3 Å². The van der Waals surface area contributed by atoms with Crippen LogP contribution in [-0.2, 0) is 9.53 Å².